The van der Waals surface area contributed by atoms with Crippen molar-refractivity contribution in [2.45, 2.75) is 69.6 Å². The van der Waals surface area contributed by atoms with E-state index >= 15 is 0 Å². The van der Waals surface area contributed by atoms with E-state index in [-0.39, 0.29) is 11.4 Å². The van der Waals surface area contributed by atoms with E-state index in [9.17, 15) is 4.79 Å². The largest absolute Gasteiger partial charge is 0.416 e. The van der Waals surface area contributed by atoms with Crippen LogP contribution >= 0.6 is 11.8 Å². The number of carbonyl (C=O) groups excluding carboxylic acids is 1. The van der Waals surface area contributed by atoms with Crippen molar-refractivity contribution in [1.82, 2.24) is 15.5 Å². The minimum absolute atomic E-state index is 0.0580. The van der Waals surface area contributed by atoms with E-state index in [1.165, 1.54) is 56.7 Å². The third-order valence-electron chi connectivity index (χ3n) is 6.17. The minimum Gasteiger partial charge on any atom is -0.416 e. The summed E-state index contributed by atoms with van der Waals surface area (Å²) in [6.45, 7) is 4.09. The fourth-order valence-electron chi connectivity index (χ4n) is 5.81. The van der Waals surface area contributed by atoms with Gasteiger partial charge in [0.1, 0.15) is 0 Å². The number of nitrogens with one attached hydrogen (secondary N) is 1. The van der Waals surface area contributed by atoms with Crippen molar-refractivity contribution in [3.63, 3.8) is 0 Å². The number of amides is 1. The van der Waals surface area contributed by atoms with Crippen molar-refractivity contribution in [3.8, 4) is 0 Å². The summed E-state index contributed by atoms with van der Waals surface area (Å²) in [5.41, 5.74) is 0.552. The van der Waals surface area contributed by atoms with Gasteiger partial charge in [-0.05, 0) is 55.8 Å². The number of carbonyl (C=O) groups is 1. The molecule has 0 aromatic carbocycles. The van der Waals surface area contributed by atoms with E-state index in [2.05, 4.69) is 22.4 Å². The van der Waals surface area contributed by atoms with Gasteiger partial charge in [-0.1, -0.05) is 25.1 Å². The maximum Gasteiger partial charge on any atom is 0.277 e. The molecule has 6 heteroatoms. The van der Waals surface area contributed by atoms with Crippen molar-refractivity contribution in [2.75, 3.05) is 5.75 Å². The van der Waals surface area contributed by atoms with E-state index in [1.54, 1.807) is 6.92 Å². The first-order valence-corrected chi connectivity index (χ1v) is 9.72. The Labute approximate surface area is 141 Å². The second-order valence-corrected chi connectivity index (χ2v) is 8.95. The number of hydrogen-bond acceptors (Lipinski definition) is 5. The Bertz CT molecular complexity index is 601. The minimum atomic E-state index is 0.0580. The molecule has 4 atom stereocenters. The van der Waals surface area contributed by atoms with E-state index in [0.29, 0.717) is 22.3 Å². The molecule has 1 aromatic heterocycles. The van der Waals surface area contributed by atoms with Gasteiger partial charge in [-0.3, -0.25) is 4.79 Å². The van der Waals surface area contributed by atoms with Crippen LogP contribution in [0.3, 0.4) is 0 Å². The lowest BCUT2D eigenvalue weighted by molar-refractivity contribution is -0.129. The quantitative estimate of drug-likeness (QED) is 0.836. The van der Waals surface area contributed by atoms with Crippen molar-refractivity contribution in [2.24, 2.45) is 17.3 Å². The lowest BCUT2D eigenvalue weighted by Gasteiger charge is -2.62. The van der Waals surface area contributed by atoms with Gasteiger partial charge in [-0.25, -0.2) is 0 Å². The number of hydrogen-bond donors (Lipinski definition) is 1. The molecule has 1 N–H and O–H groups in total. The maximum absolute atomic E-state index is 12.5. The first-order valence-electron chi connectivity index (χ1n) is 8.74. The number of rotatable bonds is 5. The Balaban J connectivity index is 1.40. The summed E-state index contributed by atoms with van der Waals surface area (Å²) in [5, 5.41) is 11.6. The molecule has 4 fully saturated rings. The summed E-state index contributed by atoms with van der Waals surface area (Å²) in [7, 11) is 0. The van der Waals surface area contributed by atoms with E-state index in [0.717, 1.165) is 11.8 Å². The van der Waals surface area contributed by atoms with Gasteiger partial charge in [-0.15, -0.1) is 10.2 Å². The third kappa shape index (κ3) is 2.90. The van der Waals surface area contributed by atoms with Gasteiger partial charge in [0, 0.05) is 12.5 Å². The Kier molecular flexibility index (Phi) is 3.70. The molecule has 1 amide bonds. The highest BCUT2D eigenvalue weighted by molar-refractivity contribution is 7.99. The highest BCUT2D eigenvalue weighted by Crippen LogP contribution is 2.62. The molecule has 4 aliphatic carbocycles. The molecule has 0 aliphatic heterocycles. The average Bonchev–Trinajstić information content (AvgIpc) is 2.89. The molecule has 4 bridgehead atoms. The van der Waals surface area contributed by atoms with Crippen LogP contribution in [-0.4, -0.2) is 27.4 Å². The Morgan fingerprint density at radius 2 is 2.04 bits per heavy atom. The molecule has 4 aliphatic rings. The molecule has 4 saturated carbocycles. The van der Waals surface area contributed by atoms with Gasteiger partial charge in [0.15, 0.2) is 0 Å². The van der Waals surface area contributed by atoms with Crippen LogP contribution in [-0.2, 0) is 4.79 Å². The first-order chi connectivity index (χ1) is 11.0. The van der Waals surface area contributed by atoms with E-state index in [4.69, 9.17) is 4.42 Å². The van der Waals surface area contributed by atoms with Crippen LogP contribution in [0, 0.1) is 24.2 Å². The summed E-state index contributed by atoms with van der Waals surface area (Å²) in [5.74, 6) is 2.65. The summed E-state index contributed by atoms with van der Waals surface area (Å²) in [4.78, 5) is 12.5. The zero-order valence-electron chi connectivity index (χ0n) is 13.9. The summed E-state index contributed by atoms with van der Waals surface area (Å²) in [6.07, 6.45) is 8.95. The molecule has 23 heavy (non-hydrogen) atoms. The van der Waals surface area contributed by atoms with Crippen molar-refractivity contribution >= 4 is 17.7 Å². The highest BCUT2D eigenvalue weighted by atomic mass is 32.2. The van der Waals surface area contributed by atoms with Gasteiger partial charge in [0.05, 0.1) is 5.75 Å². The Hall–Kier alpha value is -1.04. The predicted molar refractivity (Wildman–Crippen MR) is 88.0 cm³/mol. The zero-order valence-corrected chi connectivity index (χ0v) is 14.7. The average molecular weight is 335 g/mol. The molecule has 2 unspecified atom stereocenters. The normalized spacial score (nSPS) is 38.0. The van der Waals surface area contributed by atoms with E-state index in [1.807, 2.05) is 0 Å². The molecule has 126 valence electrons. The van der Waals surface area contributed by atoms with Crippen LogP contribution < -0.4 is 5.32 Å². The van der Waals surface area contributed by atoms with Crippen LogP contribution in [0.2, 0.25) is 0 Å². The monoisotopic (exact) mass is 335 g/mol. The molecule has 1 heterocycles. The number of nitrogens with zero attached hydrogens (tertiary/aromatic N) is 2. The molecule has 0 saturated heterocycles. The molecule has 0 spiro atoms. The van der Waals surface area contributed by atoms with Crippen LogP contribution in [0.15, 0.2) is 9.64 Å². The van der Waals surface area contributed by atoms with Gasteiger partial charge >= 0.3 is 0 Å². The molecule has 5 rings (SSSR count). The molecule has 5 nitrogen and oxygen atoms in total. The van der Waals surface area contributed by atoms with Gasteiger partial charge in [0.2, 0.25) is 11.8 Å². The SMILES string of the molecule is CCC12C[C@H]3C[C@@H](C1)CC(NC(=O)CSc1nnc(C)o1)(C3)C2. The predicted octanol–water partition coefficient (Wildman–Crippen LogP) is 3.34. The van der Waals surface area contributed by atoms with E-state index < -0.39 is 0 Å². The first kappa shape index (κ1) is 15.5. The lowest BCUT2D eigenvalue weighted by Crippen LogP contribution is -2.63. The topological polar surface area (TPSA) is 68.0 Å². The maximum atomic E-state index is 12.5. The van der Waals surface area contributed by atoms with Crippen molar-refractivity contribution in [1.29, 1.82) is 0 Å². The van der Waals surface area contributed by atoms with Crippen molar-refractivity contribution < 1.29 is 9.21 Å². The van der Waals surface area contributed by atoms with Crippen LogP contribution in [0.5, 0.6) is 0 Å². The number of aryl methyl sites for hydroxylation is 1. The van der Waals surface area contributed by atoms with Crippen LogP contribution in [0.4, 0.5) is 0 Å². The van der Waals surface area contributed by atoms with Crippen LogP contribution in [0.25, 0.3) is 0 Å². The number of thioether (sulfide) groups is 1. The summed E-state index contributed by atoms with van der Waals surface area (Å²) in [6, 6.07) is 0. The summed E-state index contributed by atoms with van der Waals surface area (Å²) >= 11 is 1.33. The molecular weight excluding hydrogens is 310 g/mol. The smallest absolute Gasteiger partial charge is 0.277 e. The molecule has 0 radical (unpaired) electrons. The van der Waals surface area contributed by atoms with Crippen molar-refractivity contribution in [3.05, 3.63) is 5.89 Å². The summed E-state index contributed by atoms with van der Waals surface area (Å²) < 4.78 is 5.32. The lowest BCUT2D eigenvalue weighted by atomic mass is 9.46. The zero-order chi connectivity index (χ0) is 16.1. The van der Waals surface area contributed by atoms with Gasteiger partial charge in [-0.2, -0.15) is 0 Å². The highest BCUT2D eigenvalue weighted by Gasteiger charge is 2.57. The van der Waals surface area contributed by atoms with Crippen LogP contribution in [0.1, 0.15) is 57.8 Å². The molecular formula is C17H25N3O2S. The second-order valence-electron chi connectivity index (χ2n) is 8.02. The fourth-order valence-corrected chi connectivity index (χ4v) is 6.41. The van der Waals surface area contributed by atoms with Gasteiger partial charge in [0.25, 0.3) is 5.22 Å². The Morgan fingerprint density at radius 3 is 2.65 bits per heavy atom. The third-order valence-corrected chi connectivity index (χ3v) is 6.99. The standard InChI is InChI=1S/C17H25N3O2S/c1-3-16-5-12-4-13(6-16)8-17(7-12,10-16)18-14(21)9-23-15-20-19-11(2)22-15/h12-13H,3-10H2,1-2H3,(H,18,21)/t12-,13+,16?,17?. The second kappa shape index (κ2) is 5.50. The fraction of sp³-hybridized carbons (Fsp3) is 0.824. The number of aromatic nitrogens is 2. The molecule has 1 aromatic rings. The Morgan fingerprint density at radius 1 is 1.30 bits per heavy atom. The van der Waals surface area contributed by atoms with Gasteiger partial charge < -0.3 is 9.73 Å².